The first-order valence-electron chi connectivity index (χ1n) is 5.88. The van der Waals surface area contributed by atoms with E-state index in [1.165, 1.54) is 0 Å². The Morgan fingerprint density at radius 1 is 1.47 bits per heavy atom. The quantitative estimate of drug-likeness (QED) is 0.752. The molecule has 2 atom stereocenters. The zero-order valence-electron chi connectivity index (χ0n) is 10.00. The Morgan fingerprint density at radius 3 is 2.74 bits per heavy atom. The first-order valence-corrected chi connectivity index (χ1v) is 5.88. The smallest absolute Gasteiger partial charge is 0.349 e. The zero-order valence-corrected chi connectivity index (χ0v) is 10.00. The van der Waals surface area contributed by atoms with Gasteiger partial charge in [0.15, 0.2) is 0 Å². The number of alkyl halides is 3. The molecule has 1 aliphatic rings. The summed E-state index contributed by atoms with van der Waals surface area (Å²) in [6.07, 6.45) is -2.48. The third kappa shape index (κ3) is 3.43. The molecule has 1 heterocycles. The monoisotopic (exact) mass is 277 g/mol. The number of rotatable bonds is 3. The molecule has 0 radical (unpaired) electrons. The molecule has 1 saturated carbocycles. The van der Waals surface area contributed by atoms with E-state index in [0.29, 0.717) is 12.8 Å². The lowest BCUT2D eigenvalue weighted by Crippen LogP contribution is -2.30. The van der Waals surface area contributed by atoms with Crippen molar-refractivity contribution in [2.24, 2.45) is 11.7 Å². The molecule has 1 aromatic rings. The summed E-state index contributed by atoms with van der Waals surface area (Å²) < 4.78 is 36.7. The van der Waals surface area contributed by atoms with Crippen molar-refractivity contribution in [1.82, 2.24) is 20.5 Å². The number of hydrogen-bond acceptors (Lipinski definition) is 4. The topological polar surface area (TPSA) is 96.7 Å². The molecule has 1 aromatic heterocycles. The maximum Gasteiger partial charge on any atom is 0.453 e. The van der Waals surface area contributed by atoms with Crippen LogP contribution in [0.1, 0.15) is 30.9 Å². The summed E-state index contributed by atoms with van der Waals surface area (Å²) in [5.41, 5.74) is 5.69. The van der Waals surface area contributed by atoms with Gasteiger partial charge < -0.3 is 11.1 Å². The molecule has 1 fully saturated rings. The van der Waals surface area contributed by atoms with Gasteiger partial charge in [-0.3, -0.25) is 9.89 Å². The lowest BCUT2D eigenvalue weighted by Gasteiger charge is -2.09. The van der Waals surface area contributed by atoms with Crippen molar-refractivity contribution in [2.45, 2.75) is 38.0 Å². The molecule has 0 spiro atoms. The second-order valence-corrected chi connectivity index (χ2v) is 4.59. The van der Waals surface area contributed by atoms with Gasteiger partial charge >= 0.3 is 6.18 Å². The maximum absolute atomic E-state index is 12.2. The Bertz CT molecular complexity index is 458. The highest BCUT2D eigenvalue weighted by molar-refractivity contribution is 5.78. The fourth-order valence-corrected chi connectivity index (χ4v) is 2.07. The van der Waals surface area contributed by atoms with E-state index in [-0.39, 0.29) is 30.2 Å². The number of nitrogens with two attached hydrogens (primary N) is 1. The fourth-order valence-electron chi connectivity index (χ4n) is 2.07. The van der Waals surface area contributed by atoms with Crippen LogP contribution in [0.15, 0.2) is 0 Å². The van der Waals surface area contributed by atoms with Crippen molar-refractivity contribution in [3.8, 4) is 0 Å². The summed E-state index contributed by atoms with van der Waals surface area (Å²) in [6.45, 7) is -0.104. The Morgan fingerprint density at radius 2 is 2.21 bits per heavy atom. The summed E-state index contributed by atoms with van der Waals surface area (Å²) in [6, 6.07) is 0.0258. The molecular weight excluding hydrogens is 263 g/mol. The largest absolute Gasteiger partial charge is 0.453 e. The van der Waals surface area contributed by atoms with E-state index in [2.05, 4.69) is 20.5 Å². The number of aromatic amines is 1. The van der Waals surface area contributed by atoms with Crippen LogP contribution in [-0.2, 0) is 17.5 Å². The molecule has 0 saturated heterocycles. The van der Waals surface area contributed by atoms with E-state index >= 15 is 0 Å². The molecule has 0 bridgehead atoms. The van der Waals surface area contributed by atoms with E-state index < -0.39 is 12.0 Å². The SMILES string of the molecule is N[C@@H]1CC[C@H](C(=O)NCc2nc(C(F)(F)F)n[nH]2)C1. The van der Waals surface area contributed by atoms with Gasteiger partial charge in [-0.2, -0.15) is 13.2 Å². The molecule has 0 aliphatic heterocycles. The summed E-state index contributed by atoms with van der Waals surface area (Å²) >= 11 is 0. The second-order valence-electron chi connectivity index (χ2n) is 4.59. The Balaban J connectivity index is 1.85. The summed E-state index contributed by atoms with van der Waals surface area (Å²) in [7, 11) is 0. The molecule has 1 aliphatic carbocycles. The third-order valence-electron chi connectivity index (χ3n) is 3.06. The van der Waals surface area contributed by atoms with Gasteiger partial charge in [0.1, 0.15) is 5.82 Å². The van der Waals surface area contributed by atoms with Crippen molar-refractivity contribution < 1.29 is 18.0 Å². The van der Waals surface area contributed by atoms with Crippen LogP contribution in [-0.4, -0.2) is 27.1 Å². The van der Waals surface area contributed by atoms with Crippen molar-refractivity contribution in [3.63, 3.8) is 0 Å². The molecule has 19 heavy (non-hydrogen) atoms. The number of carbonyl (C=O) groups is 1. The van der Waals surface area contributed by atoms with Crippen LogP contribution >= 0.6 is 0 Å². The predicted octanol–water partition coefficient (Wildman–Crippen LogP) is 0.567. The number of halogens is 3. The van der Waals surface area contributed by atoms with Crippen LogP contribution in [0.5, 0.6) is 0 Å². The summed E-state index contributed by atoms with van der Waals surface area (Å²) in [5, 5.41) is 7.72. The minimum Gasteiger partial charge on any atom is -0.349 e. The molecule has 106 valence electrons. The van der Waals surface area contributed by atoms with Gasteiger partial charge in [-0.25, -0.2) is 4.98 Å². The molecule has 0 unspecified atom stereocenters. The van der Waals surface area contributed by atoms with Crippen LogP contribution in [0.4, 0.5) is 13.2 Å². The van der Waals surface area contributed by atoms with E-state index in [0.717, 1.165) is 6.42 Å². The van der Waals surface area contributed by atoms with E-state index in [9.17, 15) is 18.0 Å². The molecule has 4 N–H and O–H groups in total. The maximum atomic E-state index is 12.2. The summed E-state index contributed by atoms with van der Waals surface area (Å²) in [4.78, 5) is 15.0. The van der Waals surface area contributed by atoms with Gasteiger partial charge in [0.05, 0.1) is 6.54 Å². The van der Waals surface area contributed by atoms with Crippen molar-refractivity contribution in [2.75, 3.05) is 0 Å². The molecule has 0 aromatic carbocycles. The van der Waals surface area contributed by atoms with Crippen molar-refractivity contribution in [3.05, 3.63) is 11.6 Å². The Labute approximate surface area is 107 Å². The lowest BCUT2D eigenvalue weighted by molar-refractivity contribution is -0.144. The van der Waals surface area contributed by atoms with Crippen LogP contribution in [0, 0.1) is 5.92 Å². The van der Waals surface area contributed by atoms with Gasteiger partial charge in [-0.05, 0) is 19.3 Å². The number of amides is 1. The average Bonchev–Trinajstić information content (AvgIpc) is 2.93. The predicted molar refractivity (Wildman–Crippen MR) is 58.5 cm³/mol. The Hall–Kier alpha value is -1.64. The van der Waals surface area contributed by atoms with Crippen molar-refractivity contribution >= 4 is 5.91 Å². The highest BCUT2D eigenvalue weighted by Gasteiger charge is 2.36. The normalized spacial score (nSPS) is 23.6. The molecule has 9 heteroatoms. The van der Waals surface area contributed by atoms with E-state index in [1.54, 1.807) is 0 Å². The van der Waals surface area contributed by atoms with Gasteiger partial charge in [0, 0.05) is 12.0 Å². The Kier molecular flexibility index (Phi) is 3.74. The number of H-pyrrole nitrogens is 1. The minimum absolute atomic E-state index is 0.0250. The van der Waals surface area contributed by atoms with Gasteiger partial charge in [0.2, 0.25) is 5.91 Å². The molecular formula is C10H14F3N5O. The molecule has 1 amide bonds. The zero-order chi connectivity index (χ0) is 14.0. The van der Waals surface area contributed by atoms with Gasteiger partial charge in [0.25, 0.3) is 5.82 Å². The first-order chi connectivity index (χ1) is 8.86. The minimum atomic E-state index is -4.59. The number of nitrogens with zero attached hydrogens (tertiary/aromatic N) is 2. The molecule has 2 rings (SSSR count). The molecule has 6 nitrogen and oxygen atoms in total. The average molecular weight is 277 g/mol. The standard InChI is InChI=1S/C10H14F3N5O/c11-10(12,13)9-16-7(17-18-9)4-15-8(19)5-1-2-6(14)3-5/h5-6H,1-4,14H2,(H,15,19)(H,16,17,18)/t5-,6+/m0/s1. The van der Waals surface area contributed by atoms with Crippen LogP contribution in [0.3, 0.4) is 0 Å². The summed E-state index contributed by atoms with van der Waals surface area (Å²) in [5.74, 6) is -1.64. The van der Waals surface area contributed by atoms with E-state index in [4.69, 9.17) is 5.73 Å². The highest BCUT2D eigenvalue weighted by atomic mass is 19.4. The lowest BCUT2D eigenvalue weighted by atomic mass is 10.1. The fraction of sp³-hybridized carbons (Fsp3) is 0.700. The van der Waals surface area contributed by atoms with E-state index in [1.807, 2.05) is 0 Å². The van der Waals surface area contributed by atoms with Crippen LogP contribution in [0.2, 0.25) is 0 Å². The second kappa shape index (κ2) is 5.16. The third-order valence-corrected chi connectivity index (χ3v) is 3.06. The number of nitrogens with one attached hydrogen (secondary N) is 2. The van der Waals surface area contributed by atoms with Gasteiger partial charge in [-0.1, -0.05) is 0 Å². The number of aromatic nitrogens is 3. The first kappa shape index (κ1) is 13.8. The van der Waals surface area contributed by atoms with Crippen molar-refractivity contribution in [1.29, 1.82) is 0 Å². The highest BCUT2D eigenvalue weighted by Crippen LogP contribution is 2.26. The number of hydrogen-bond donors (Lipinski definition) is 3. The van der Waals surface area contributed by atoms with Gasteiger partial charge in [-0.15, -0.1) is 5.10 Å². The van der Waals surface area contributed by atoms with Crippen LogP contribution in [0.25, 0.3) is 0 Å². The number of carbonyl (C=O) groups excluding carboxylic acids is 1. The van der Waals surface area contributed by atoms with Crippen LogP contribution < -0.4 is 11.1 Å².